The van der Waals surface area contributed by atoms with Crippen LogP contribution in [0.2, 0.25) is 0 Å². The van der Waals surface area contributed by atoms with Gasteiger partial charge >= 0.3 is 5.97 Å². The van der Waals surface area contributed by atoms with Gasteiger partial charge in [0.25, 0.3) is 0 Å². The van der Waals surface area contributed by atoms with Gasteiger partial charge in [-0.15, -0.1) is 0 Å². The molecule has 1 saturated heterocycles. The molecule has 1 aromatic rings. The Morgan fingerprint density at radius 2 is 2.00 bits per heavy atom. The van der Waals surface area contributed by atoms with Crippen LogP contribution in [-0.4, -0.2) is 39.4 Å². The van der Waals surface area contributed by atoms with Gasteiger partial charge in [0.15, 0.2) is 0 Å². The van der Waals surface area contributed by atoms with E-state index in [0.29, 0.717) is 17.9 Å². The molecule has 0 bridgehead atoms. The monoisotopic (exact) mass is 211 g/mol. The van der Waals surface area contributed by atoms with E-state index in [0.717, 1.165) is 13.1 Å². The topological polar surface area (TPSA) is 79.5 Å². The van der Waals surface area contributed by atoms with Crippen LogP contribution in [0.1, 0.15) is 24.2 Å². The van der Waals surface area contributed by atoms with Gasteiger partial charge in [-0.3, -0.25) is 9.69 Å². The van der Waals surface area contributed by atoms with Gasteiger partial charge in [-0.2, -0.15) is 0 Å². The van der Waals surface area contributed by atoms with Crippen molar-refractivity contribution in [1.29, 1.82) is 0 Å². The Morgan fingerprint density at radius 1 is 1.33 bits per heavy atom. The minimum atomic E-state index is -0.909. The molecule has 0 spiro atoms. The number of carboxylic acid groups (broad SMARTS) is 1. The summed E-state index contributed by atoms with van der Waals surface area (Å²) in [5, 5.41) is 16.0. The Kier molecular flexibility index (Phi) is 2.96. The van der Waals surface area contributed by atoms with Crippen molar-refractivity contribution < 1.29 is 14.5 Å². The van der Waals surface area contributed by atoms with E-state index in [1.165, 1.54) is 12.8 Å². The second-order valence-electron chi connectivity index (χ2n) is 3.71. The quantitative estimate of drug-likeness (QED) is 0.771. The molecular weight excluding hydrogens is 198 g/mol. The first-order valence-corrected chi connectivity index (χ1v) is 5.00. The smallest absolute Gasteiger partial charge is 0.309 e. The summed E-state index contributed by atoms with van der Waals surface area (Å²) in [7, 11) is 0. The van der Waals surface area contributed by atoms with Crippen molar-refractivity contribution in [1.82, 2.24) is 15.2 Å². The molecule has 0 amide bonds. The number of hydrogen-bond donors (Lipinski definition) is 1. The van der Waals surface area contributed by atoms with Crippen molar-refractivity contribution in [3.05, 3.63) is 11.4 Å². The normalized spacial score (nSPS) is 17.1. The lowest BCUT2D eigenvalue weighted by Crippen LogP contribution is -2.20. The largest absolute Gasteiger partial charge is 0.481 e. The van der Waals surface area contributed by atoms with Gasteiger partial charge < -0.3 is 5.11 Å². The second kappa shape index (κ2) is 4.39. The standard InChI is InChI=1S/C9H13N3O3/c13-9(14)5-7-8(11-15-10-7)6-12-3-1-2-4-12/h1-6H2,(H,13,14). The zero-order chi connectivity index (χ0) is 10.7. The average molecular weight is 211 g/mol. The van der Waals surface area contributed by atoms with Crippen LogP contribution in [0.25, 0.3) is 0 Å². The van der Waals surface area contributed by atoms with E-state index in [1.807, 2.05) is 0 Å². The lowest BCUT2D eigenvalue weighted by molar-refractivity contribution is -0.136. The molecule has 2 rings (SSSR count). The van der Waals surface area contributed by atoms with Gasteiger partial charge in [-0.05, 0) is 25.9 Å². The Bertz CT molecular complexity index is 344. The summed E-state index contributed by atoms with van der Waals surface area (Å²) in [5.74, 6) is -0.909. The van der Waals surface area contributed by atoms with E-state index in [9.17, 15) is 4.79 Å². The molecule has 82 valence electrons. The van der Waals surface area contributed by atoms with E-state index in [1.54, 1.807) is 0 Å². The first-order chi connectivity index (χ1) is 7.25. The summed E-state index contributed by atoms with van der Waals surface area (Å²) in [6.45, 7) is 2.73. The predicted octanol–water partition coefficient (Wildman–Crippen LogP) is 0.292. The maximum Gasteiger partial charge on any atom is 0.309 e. The minimum Gasteiger partial charge on any atom is -0.481 e. The molecule has 0 atom stereocenters. The maximum atomic E-state index is 10.5. The molecule has 6 nitrogen and oxygen atoms in total. The lowest BCUT2D eigenvalue weighted by Gasteiger charge is -2.11. The fraction of sp³-hybridized carbons (Fsp3) is 0.667. The zero-order valence-electron chi connectivity index (χ0n) is 8.35. The molecule has 0 saturated carbocycles. The highest BCUT2D eigenvalue weighted by atomic mass is 16.6. The highest BCUT2D eigenvalue weighted by Crippen LogP contribution is 2.13. The summed E-state index contributed by atoms with van der Waals surface area (Å²) in [5.41, 5.74) is 1.09. The van der Waals surface area contributed by atoms with Gasteiger partial charge in [0.1, 0.15) is 11.4 Å². The molecule has 0 radical (unpaired) electrons. The van der Waals surface area contributed by atoms with Crippen LogP contribution in [0, 0.1) is 0 Å². The summed E-state index contributed by atoms with van der Waals surface area (Å²) in [4.78, 5) is 12.8. The van der Waals surface area contributed by atoms with Crippen molar-refractivity contribution in [2.45, 2.75) is 25.8 Å². The summed E-state index contributed by atoms with van der Waals surface area (Å²) < 4.78 is 4.57. The van der Waals surface area contributed by atoms with Crippen LogP contribution in [0.5, 0.6) is 0 Å². The third-order valence-corrected chi connectivity index (χ3v) is 2.53. The number of aromatic nitrogens is 2. The number of likely N-dealkylation sites (tertiary alicyclic amines) is 1. The molecule has 1 aliphatic heterocycles. The first kappa shape index (κ1) is 10.1. The van der Waals surface area contributed by atoms with Crippen LogP contribution in [-0.2, 0) is 17.8 Å². The molecule has 0 aliphatic carbocycles. The van der Waals surface area contributed by atoms with Crippen molar-refractivity contribution in [2.24, 2.45) is 0 Å². The third-order valence-electron chi connectivity index (χ3n) is 2.53. The Hall–Kier alpha value is -1.43. The summed E-state index contributed by atoms with van der Waals surface area (Å²) in [6, 6.07) is 0. The second-order valence-corrected chi connectivity index (χ2v) is 3.71. The molecule has 1 aliphatic rings. The first-order valence-electron chi connectivity index (χ1n) is 5.00. The van der Waals surface area contributed by atoms with Crippen molar-refractivity contribution >= 4 is 5.97 Å². The van der Waals surface area contributed by atoms with Crippen LogP contribution in [0.15, 0.2) is 4.63 Å². The molecule has 2 heterocycles. The highest BCUT2D eigenvalue weighted by molar-refractivity contribution is 5.69. The minimum absolute atomic E-state index is 0.118. The average Bonchev–Trinajstić information content (AvgIpc) is 2.78. The van der Waals surface area contributed by atoms with Crippen molar-refractivity contribution in [3.8, 4) is 0 Å². The van der Waals surface area contributed by atoms with Crippen LogP contribution >= 0.6 is 0 Å². The molecule has 1 N–H and O–H groups in total. The Labute approximate surface area is 86.8 Å². The zero-order valence-corrected chi connectivity index (χ0v) is 8.35. The van der Waals surface area contributed by atoms with E-state index in [4.69, 9.17) is 5.11 Å². The molecule has 0 unspecified atom stereocenters. The fourth-order valence-corrected chi connectivity index (χ4v) is 1.77. The van der Waals surface area contributed by atoms with Crippen molar-refractivity contribution in [3.63, 3.8) is 0 Å². The third kappa shape index (κ3) is 2.53. The van der Waals surface area contributed by atoms with Crippen molar-refractivity contribution in [2.75, 3.05) is 13.1 Å². The van der Waals surface area contributed by atoms with E-state index in [2.05, 4.69) is 19.8 Å². The van der Waals surface area contributed by atoms with E-state index in [-0.39, 0.29) is 6.42 Å². The summed E-state index contributed by atoms with van der Waals surface area (Å²) in [6.07, 6.45) is 2.27. The number of carboxylic acids is 1. The Morgan fingerprint density at radius 3 is 2.67 bits per heavy atom. The van der Waals surface area contributed by atoms with Gasteiger partial charge in [0.05, 0.1) is 6.42 Å². The lowest BCUT2D eigenvalue weighted by atomic mass is 10.2. The number of aliphatic carboxylic acids is 1. The van der Waals surface area contributed by atoms with Gasteiger partial charge in [-0.1, -0.05) is 10.3 Å². The number of carbonyl (C=O) groups is 1. The number of rotatable bonds is 4. The van der Waals surface area contributed by atoms with Crippen LogP contribution < -0.4 is 0 Å². The summed E-state index contributed by atoms with van der Waals surface area (Å²) >= 11 is 0. The molecule has 0 aromatic carbocycles. The van der Waals surface area contributed by atoms with Crippen LogP contribution in [0.3, 0.4) is 0 Å². The highest BCUT2D eigenvalue weighted by Gasteiger charge is 2.18. The number of hydrogen-bond acceptors (Lipinski definition) is 5. The van der Waals surface area contributed by atoms with Gasteiger partial charge in [0, 0.05) is 6.54 Å². The SMILES string of the molecule is O=C(O)Cc1nonc1CN1CCCC1. The molecule has 15 heavy (non-hydrogen) atoms. The fourth-order valence-electron chi connectivity index (χ4n) is 1.77. The van der Waals surface area contributed by atoms with Gasteiger partial charge in [-0.25, -0.2) is 4.63 Å². The van der Waals surface area contributed by atoms with E-state index >= 15 is 0 Å². The van der Waals surface area contributed by atoms with Gasteiger partial charge in [0.2, 0.25) is 0 Å². The molecule has 1 aromatic heterocycles. The molecular formula is C9H13N3O3. The molecule has 6 heteroatoms. The van der Waals surface area contributed by atoms with E-state index < -0.39 is 5.97 Å². The Balaban J connectivity index is 2.00. The maximum absolute atomic E-state index is 10.5. The number of nitrogens with zero attached hydrogens (tertiary/aromatic N) is 3. The van der Waals surface area contributed by atoms with Crippen LogP contribution in [0.4, 0.5) is 0 Å². The molecule has 1 fully saturated rings. The predicted molar refractivity (Wildman–Crippen MR) is 50.1 cm³/mol.